The molecule has 0 spiro atoms. The minimum atomic E-state index is -0.604. The van der Waals surface area contributed by atoms with E-state index in [0.717, 1.165) is 12.8 Å². The molecule has 0 bridgehead atoms. The van der Waals surface area contributed by atoms with E-state index in [4.69, 9.17) is 4.42 Å². The third-order valence-electron chi connectivity index (χ3n) is 3.85. The molecule has 1 fully saturated rings. The Morgan fingerprint density at radius 2 is 1.96 bits per heavy atom. The molecule has 2 N–H and O–H groups in total. The highest BCUT2D eigenvalue weighted by Crippen LogP contribution is 2.18. The van der Waals surface area contributed by atoms with Gasteiger partial charge in [0.1, 0.15) is 6.26 Å². The average molecular weight is 321 g/mol. The highest BCUT2D eigenvalue weighted by molar-refractivity contribution is 6.35. The second-order valence-electron chi connectivity index (χ2n) is 6.09. The standard InChI is InChI=1S/C16H23N3O4/c1-11(2)18-15(21)14(20)17-9-12-3-6-19(7-4-12)16(22)13-5-8-23-10-13/h5,8,10-12H,3-4,6-7,9H2,1-2H3,(H,17,20)(H,18,21). The lowest BCUT2D eigenvalue weighted by molar-refractivity contribution is -0.139. The average Bonchev–Trinajstić information content (AvgIpc) is 3.06. The first-order valence-corrected chi connectivity index (χ1v) is 7.87. The van der Waals surface area contributed by atoms with Gasteiger partial charge in [0.05, 0.1) is 11.8 Å². The first-order chi connectivity index (χ1) is 11.0. The third kappa shape index (κ3) is 4.84. The lowest BCUT2D eigenvalue weighted by Crippen LogP contribution is -2.46. The maximum Gasteiger partial charge on any atom is 0.309 e. The van der Waals surface area contributed by atoms with Gasteiger partial charge in [-0.3, -0.25) is 14.4 Å². The molecule has 0 aromatic carbocycles. The number of hydrogen-bond acceptors (Lipinski definition) is 4. The first-order valence-electron chi connectivity index (χ1n) is 7.87. The van der Waals surface area contributed by atoms with Crippen LogP contribution in [-0.2, 0) is 9.59 Å². The number of nitrogens with zero attached hydrogens (tertiary/aromatic N) is 1. The highest BCUT2D eigenvalue weighted by atomic mass is 16.3. The predicted octanol–water partition coefficient (Wildman–Crippen LogP) is 0.773. The fourth-order valence-corrected chi connectivity index (χ4v) is 2.55. The van der Waals surface area contributed by atoms with Crippen LogP contribution in [0.5, 0.6) is 0 Å². The first kappa shape index (κ1) is 17.1. The van der Waals surface area contributed by atoms with Gasteiger partial charge in [0.25, 0.3) is 5.91 Å². The van der Waals surface area contributed by atoms with Gasteiger partial charge in [-0.25, -0.2) is 0 Å². The molecule has 7 nitrogen and oxygen atoms in total. The summed E-state index contributed by atoms with van der Waals surface area (Å²) in [6.07, 6.45) is 4.53. The van der Waals surface area contributed by atoms with Crippen LogP contribution in [-0.4, -0.2) is 48.3 Å². The molecular formula is C16H23N3O4. The number of carbonyl (C=O) groups is 3. The molecule has 0 saturated carbocycles. The van der Waals surface area contributed by atoms with E-state index in [1.807, 2.05) is 0 Å². The Morgan fingerprint density at radius 1 is 1.26 bits per heavy atom. The zero-order valence-corrected chi connectivity index (χ0v) is 13.5. The number of rotatable bonds is 4. The summed E-state index contributed by atoms with van der Waals surface area (Å²) in [5, 5.41) is 5.21. The summed E-state index contributed by atoms with van der Waals surface area (Å²) in [7, 11) is 0. The van der Waals surface area contributed by atoms with E-state index in [9.17, 15) is 14.4 Å². The summed E-state index contributed by atoms with van der Waals surface area (Å²) in [5.41, 5.74) is 0.558. The number of amides is 3. The van der Waals surface area contributed by atoms with Crippen molar-refractivity contribution in [3.05, 3.63) is 24.2 Å². The van der Waals surface area contributed by atoms with Crippen molar-refractivity contribution in [2.45, 2.75) is 32.7 Å². The molecule has 2 rings (SSSR count). The van der Waals surface area contributed by atoms with Crippen LogP contribution in [0.15, 0.2) is 23.0 Å². The molecule has 1 aromatic heterocycles. The molecular weight excluding hydrogens is 298 g/mol. The molecule has 0 aliphatic carbocycles. The molecule has 1 saturated heterocycles. The van der Waals surface area contributed by atoms with Crippen molar-refractivity contribution in [1.82, 2.24) is 15.5 Å². The van der Waals surface area contributed by atoms with Crippen molar-refractivity contribution in [3.8, 4) is 0 Å². The summed E-state index contributed by atoms with van der Waals surface area (Å²) in [6, 6.07) is 1.59. The fourth-order valence-electron chi connectivity index (χ4n) is 2.55. The fraction of sp³-hybridized carbons (Fsp3) is 0.562. The van der Waals surface area contributed by atoms with Crippen LogP contribution in [0.1, 0.15) is 37.0 Å². The van der Waals surface area contributed by atoms with Crippen molar-refractivity contribution in [2.75, 3.05) is 19.6 Å². The van der Waals surface area contributed by atoms with E-state index < -0.39 is 11.8 Å². The zero-order valence-electron chi connectivity index (χ0n) is 13.5. The summed E-state index contributed by atoms with van der Waals surface area (Å²) in [6.45, 7) is 5.35. The Morgan fingerprint density at radius 3 is 2.52 bits per heavy atom. The molecule has 1 aliphatic rings. The van der Waals surface area contributed by atoms with Gasteiger partial charge >= 0.3 is 11.8 Å². The SMILES string of the molecule is CC(C)NC(=O)C(=O)NCC1CCN(C(=O)c2ccoc2)CC1. The third-order valence-corrected chi connectivity index (χ3v) is 3.85. The van der Waals surface area contributed by atoms with E-state index in [-0.39, 0.29) is 17.9 Å². The van der Waals surface area contributed by atoms with E-state index in [1.165, 1.54) is 12.5 Å². The van der Waals surface area contributed by atoms with Crippen LogP contribution in [0.2, 0.25) is 0 Å². The van der Waals surface area contributed by atoms with Crippen LogP contribution in [0, 0.1) is 5.92 Å². The molecule has 23 heavy (non-hydrogen) atoms. The van der Waals surface area contributed by atoms with Crippen molar-refractivity contribution < 1.29 is 18.8 Å². The van der Waals surface area contributed by atoms with Crippen molar-refractivity contribution in [1.29, 1.82) is 0 Å². The Hall–Kier alpha value is -2.31. The Labute approximate surface area is 135 Å². The van der Waals surface area contributed by atoms with E-state index in [1.54, 1.807) is 24.8 Å². The number of likely N-dealkylation sites (tertiary alicyclic amines) is 1. The Bertz CT molecular complexity index is 546. The molecule has 0 unspecified atom stereocenters. The van der Waals surface area contributed by atoms with Crippen LogP contribution < -0.4 is 10.6 Å². The lowest BCUT2D eigenvalue weighted by Gasteiger charge is -2.31. The molecule has 126 valence electrons. The van der Waals surface area contributed by atoms with Gasteiger partial charge in [0.2, 0.25) is 0 Å². The van der Waals surface area contributed by atoms with E-state index >= 15 is 0 Å². The minimum absolute atomic E-state index is 0.0300. The quantitative estimate of drug-likeness (QED) is 0.801. The van der Waals surface area contributed by atoms with Gasteiger partial charge in [-0.1, -0.05) is 0 Å². The van der Waals surface area contributed by atoms with Gasteiger partial charge in [-0.15, -0.1) is 0 Å². The van der Waals surface area contributed by atoms with Crippen LogP contribution >= 0.6 is 0 Å². The molecule has 3 amide bonds. The number of carbonyl (C=O) groups excluding carboxylic acids is 3. The van der Waals surface area contributed by atoms with E-state index in [0.29, 0.717) is 25.2 Å². The lowest BCUT2D eigenvalue weighted by atomic mass is 9.96. The number of nitrogens with one attached hydrogen (secondary N) is 2. The second kappa shape index (κ2) is 7.80. The van der Waals surface area contributed by atoms with Crippen LogP contribution in [0.3, 0.4) is 0 Å². The minimum Gasteiger partial charge on any atom is -0.472 e. The maximum atomic E-state index is 12.2. The summed E-state index contributed by atoms with van der Waals surface area (Å²) in [4.78, 5) is 37.1. The van der Waals surface area contributed by atoms with Gasteiger partial charge in [0.15, 0.2) is 0 Å². The molecule has 0 atom stereocenters. The Kier molecular flexibility index (Phi) is 5.78. The van der Waals surface area contributed by atoms with Crippen LogP contribution in [0.25, 0.3) is 0 Å². The second-order valence-corrected chi connectivity index (χ2v) is 6.09. The molecule has 1 aliphatic heterocycles. The summed E-state index contributed by atoms with van der Waals surface area (Å²) < 4.78 is 4.93. The van der Waals surface area contributed by atoms with Crippen LogP contribution in [0.4, 0.5) is 0 Å². The molecule has 1 aromatic rings. The van der Waals surface area contributed by atoms with Crippen molar-refractivity contribution in [3.63, 3.8) is 0 Å². The maximum absolute atomic E-state index is 12.2. The van der Waals surface area contributed by atoms with Gasteiger partial charge in [0, 0.05) is 25.7 Å². The number of furan rings is 1. The monoisotopic (exact) mass is 321 g/mol. The van der Waals surface area contributed by atoms with Gasteiger partial charge in [-0.2, -0.15) is 0 Å². The highest BCUT2D eigenvalue weighted by Gasteiger charge is 2.25. The molecule has 2 heterocycles. The summed E-state index contributed by atoms with van der Waals surface area (Å²) in [5.74, 6) is -0.958. The predicted molar refractivity (Wildman–Crippen MR) is 83.6 cm³/mol. The number of piperidine rings is 1. The molecule has 0 radical (unpaired) electrons. The Balaban J connectivity index is 1.72. The summed E-state index contributed by atoms with van der Waals surface area (Å²) >= 11 is 0. The largest absolute Gasteiger partial charge is 0.472 e. The molecule has 7 heteroatoms. The van der Waals surface area contributed by atoms with Crippen molar-refractivity contribution >= 4 is 17.7 Å². The normalized spacial score (nSPS) is 15.5. The zero-order chi connectivity index (χ0) is 16.8. The van der Waals surface area contributed by atoms with Crippen molar-refractivity contribution in [2.24, 2.45) is 5.92 Å². The topological polar surface area (TPSA) is 91.7 Å². The van der Waals surface area contributed by atoms with Gasteiger partial charge < -0.3 is 20.0 Å². The number of hydrogen-bond donors (Lipinski definition) is 2. The van der Waals surface area contributed by atoms with Gasteiger partial charge in [-0.05, 0) is 38.7 Å². The smallest absolute Gasteiger partial charge is 0.309 e. The van der Waals surface area contributed by atoms with E-state index in [2.05, 4.69) is 10.6 Å².